The monoisotopic (exact) mass is 252 g/mol. The highest BCUT2D eigenvalue weighted by atomic mass is 35.5. The van der Waals surface area contributed by atoms with Crippen molar-refractivity contribution in [3.63, 3.8) is 0 Å². The summed E-state index contributed by atoms with van der Waals surface area (Å²) < 4.78 is 0. The number of hydrogen-bond donors (Lipinski definition) is 2. The van der Waals surface area contributed by atoms with E-state index in [1.165, 1.54) is 6.92 Å². The van der Waals surface area contributed by atoms with Gasteiger partial charge < -0.3 is 5.32 Å². The normalized spacial score (nSPS) is 12.2. The molecule has 0 aliphatic rings. The van der Waals surface area contributed by atoms with Gasteiger partial charge in [0.2, 0.25) is 5.91 Å². The van der Waals surface area contributed by atoms with Crippen LogP contribution in [-0.2, 0) is 4.79 Å². The molecule has 6 heteroatoms. The lowest BCUT2D eigenvalue weighted by Gasteiger charge is -2.05. The number of anilines is 1. The summed E-state index contributed by atoms with van der Waals surface area (Å²) in [6, 6.07) is 3.57. The van der Waals surface area contributed by atoms with Crippen LogP contribution >= 0.6 is 11.6 Å². The molecule has 0 aliphatic heterocycles. The van der Waals surface area contributed by atoms with Gasteiger partial charge in [0.1, 0.15) is 0 Å². The second-order valence-electron chi connectivity index (χ2n) is 3.14. The van der Waals surface area contributed by atoms with Crippen molar-refractivity contribution < 1.29 is 4.79 Å². The van der Waals surface area contributed by atoms with Crippen molar-refractivity contribution >= 4 is 28.4 Å². The van der Waals surface area contributed by atoms with Crippen molar-refractivity contribution in [3.8, 4) is 0 Å². The van der Waals surface area contributed by atoms with Gasteiger partial charge in [-0.15, -0.1) is 0 Å². The van der Waals surface area contributed by atoms with Gasteiger partial charge in [0.15, 0.2) is 5.17 Å². The first-order chi connectivity index (χ1) is 8.13. The number of hydrogen-bond acceptors (Lipinski definition) is 4. The molecule has 1 rings (SSSR count). The van der Waals surface area contributed by atoms with Gasteiger partial charge in [-0.05, 0) is 19.1 Å². The predicted molar refractivity (Wildman–Crippen MR) is 68.7 cm³/mol. The Morgan fingerprint density at radius 3 is 2.88 bits per heavy atom. The average molecular weight is 253 g/mol. The van der Waals surface area contributed by atoms with Crippen molar-refractivity contribution in [2.24, 2.45) is 5.10 Å². The van der Waals surface area contributed by atoms with Gasteiger partial charge in [-0.25, -0.2) is 0 Å². The van der Waals surface area contributed by atoms with E-state index in [1.54, 1.807) is 37.5 Å². The molecule has 5 nitrogen and oxygen atoms in total. The molecule has 2 N–H and O–H groups in total. The number of rotatable bonds is 4. The summed E-state index contributed by atoms with van der Waals surface area (Å²) in [7, 11) is 0. The van der Waals surface area contributed by atoms with Crippen LogP contribution in [0.1, 0.15) is 13.8 Å². The van der Waals surface area contributed by atoms with E-state index in [0.29, 0.717) is 11.4 Å². The number of amides is 1. The van der Waals surface area contributed by atoms with Crippen LogP contribution < -0.4 is 10.7 Å². The third-order valence-corrected chi connectivity index (χ3v) is 2.05. The molecule has 1 heterocycles. The Morgan fingerprint density at radius 1 is 1.59 bits per heavy atom. The molecule has 0 atom stereocenters. The highest BCUT2D eigenvalue weighted by Gasteiger charge is 2.04. The fourth-order valence-corrected chi connectivity index (χ4v) is 1.23. The van der Waals surface area contributed by atoms with Gasteiger partial charge in [-0.1, -0.05) is 17.7 Å². The van der Waals surface area contributed by atoms with E-state index in [9.17, 15) is 4.79 Å². The topological polar surface area (TPSA) is 66.4 Å². The molecular formula is C11H13ClN4O. The third-order valence-electron chi connectivity index (χ3n) is 1.77. The highest BCUT2D eigenvalue weighted by molar-refractivity contribution is 6.69. The maximum Gasteiger partial charge on any atom is 0.221 e. The number of hydrazone groups is 1. The molecule has 0 aliphatic carbocycles. The Kier molecular flexibility index (Phi) is 5.16. The van der Waals surface area contributed by atoms with Gasteiger partial charge >= 0.3 is 0 Å². The molecule has 1 amide bonds. The fraction of sp³-hybridized carbons (Fsp3) is 0.182. The Labute approximate surface area is 105 Å². The highest BCUT2D eigenvalue weighted by Crippen LogP contribution is 2.05. The van der Waals surface area contributed by atoms with Crippen LogP contribution in [0.5, 0.6) is 0 Å². The van der Waals surface area contributed by atoms with Gasteiger partial charge in [0, 0.05) is 13.1 Å². The lowest BCUT2D eigenvalue weighted by molar-refractivity contribution is -0.118. The van der Waals surface area contributed by atoms with E-state index in [4.69, 9.17) is 11.6 Å². The zero-order valence-electron chi connectivity index (χ0n) is 9.57. The van der Waals surface area contributed by atoms with Gasteiger partial charge in [-0.2, -0.15) is 5.10 Å². The summed E-state index contributed by atoms with van der Waals surface area (Å²) in [5.74, 6) is -0.201. The van der Waals surface area contributed by atoms with Crippen molar-refractivity contribution in [1.29, 1.82) is 0 Å². The SMILES string of the molecule is C/C=C(NC(C)=O)\C(Cl)=N/Nc1cccnc1. The molecule has 1 aromatic heterocycles. The number of halogens is 1. The van der Waals surface area contributed by atoms with Gasteiger partial charge in [0.05, 0.1) is 17.6 Å². The number of nitrogens with one attached hydrogen (secondary N) is 2. The largest absolute Gasteiger partial charge is 0.324 e. The molecule has 0 saturated heterocycles. The molecule has 0 fully saturated rings. The molecule has 0 bridgehead atoms. The van der Waals surface area contributed by atoms with E-state index < -0.39 is 0 Å². The second kappa shape index (κ2) is 6.65. The Bertz CT molecular complexity index is 442. The number of pyridine rings is 1. The standard InChI is InChI=1S/C11H13ClN4O/c1-3-10(14-8(2)17)11(12)16-15-9-5-4-6-13-7-9/h3-7,15H,1-2H3,(H,14,17)/b10-3+,16-11+. The van der Waals surface area contributed by atoms with Gasteiger partial charge in [-0.3, -0.25) is 15.2 Å². The molecular weight excluding hydrogens is 240 g/mol. The Hall–Kier alpha value is -1.88. The maximum absolute atomic E-state index is 10.9. The van der Waals surface area contributed by atoms with Crippen LogP contribution in [0.3, 0.4) is 0 Å². The van der Waals surface area contributed by atoms with E-state index >= 15 is 0 Å². The summed E-state index contributed by atoms with van der Waals surface area (Å²) in [6.45, 7) is 3.16. The summed E-state index contributed by atoms with van der Waals surface area (Å²) in [5, 5.41) is 6.67. The van der Waals surface area contributed by atoms with Crippen molar-refractivity contribution in [1.82, 2.24) is 10.3 Å². The maximum atomic E-state index is 10.9. The summed E-state index contributed by atoms with van der Waals surface area (Å²) in [6.07, 6.45) is 4.94. The Morgan fingerprint density at radius 2 is 2.35 bits per heavy atom. The summed E-state index contributed by atoms with van der Waals surface area (Å²) in [4.78, 5) is 14.8. The first-order valence-electron chi connectivity index (χ1n) is 4.97. The van der Waals surface area contributed by atoms with Crippen LogP contribution in [0.4, 0.5) is 5.69 Å². The van der Waals surface area contributed by atoms with Crippen molar-refractivity contribution in [2.75, 3.05) is 5.43 Å². The molecule has 17 heavy (non-hydrogen) atoms. The zero-order chi connectivity index (χ0) is 12.7. The smallest absolute Gasteiger partial charge is 0.221 e. The van der Waals surface area contributed by atoms with E-state index in [-0.39, 0.29) is 11.1 Å². The molecule has 0 radical (unpaired) electrons. The minimum absolute atomic E-state index is 0.173. The number of nitrogens with zero attached hydrogens (tertiary/aromatic N) is 2. The fourth-order valence-electron chi connectivity index (χ4n) is 1.04. The molecule has 90 valence electrons. The number of aromatic nitrogens is 1. The minimum Gasteiger partial charge on any atom is -0.324 e. The Balaban J connectivity index is 2.68. The lowest BCUT2D eigenvalue weighted by atomic mass is 10.4. The predicted octanol–water partition coefficient (Wildman–Crippen LogP) is 2.09. The lowest BCUT2D eigenvalue weighted by Crippen LogP contribution is -2.23. The number of carbonyl (C=O) groups excluding carboxylic acids is 1. The molecule has 0 aromatic carbocycles. The molecule has 0 spiro atoms. The van der Waals surface area contributed by atoms with Gasteiger partial charge in [0.25, 0.3) is 0 Å². The third kappa shape index (κ3) is 4.65. The van der Waals surface area contributed by atoms with Crippen molar-refractivity contribution in [2.45, 2.75) is 13.8 Å². The quantitative estimate of drug-likeness (QED) is 0.637. The summed E-state index contributed by atoms with van der Waals surface area (Å²) >= 11 is 5.93. The van der Waals surface area contributed by atoms with Crippen LogP contribution in [0, 0.1) is 0 Å². The molecule has 0 saturated carbocycles. The van der Waals surface area contributed by atoms with Crippen LogP contribution in [-0.4, -0.2) is 16.1 Å². The second-order valence-corrected chi connectivity index (χ2v) is 3.50. The number of allylic oxidation sites excluding steroid dienone is 2. The van der Waals surface area contributed by atoms with Crippen LogP contribution in [0.25, 0.3) is 0 Å². The van der Waals surface area contributed by atoms with E-state index in [0.717, 1.165) is 0 Å². The van der Waals surface area contributed by atoms with E-state index in [2.05, 4.69) is 20.8 Å². The number of carbonyl (C=O) groups is 1. The zero-order valence-corrected chi connectivity index (χ0v) is 10.3. The minimum atomic E-state index is -0.201. The van der Waals surface area contributed by atoms with Crippen molar-refractivity contribution in [3.05, 3.63) is 36.3 Å². The van der Waals surface area contributed by atoms with Crippen LogP contribution in [0.15, 0.2) is 41.4 Å². The first kappa shape index (κ1) is 13.2. The molecule has 0 unspecified atom stereocenters. The van der Waals surface area contributed by atoms with Crippen LogP contribution in [0.2, 0.25) is 0 Å². The first-order valence-corrected chi connectivity index (χ1v) is 5.34. The molecule has 1 aromatic rings. The average Bonchev–Trinajstić information content (AvgIpc) is 2.34. The van der Waals surface area contributed by atoms with E-state index in [1.807, 2.05) is 0 Å². The summed E-state index contributed by atoms with van der Waals surface area (Å²) in [5.41, 5.74) is 3.90.